The topological polar surface area (TPSA) is 106 Å². The molecule has 44 heavy (non-hydrogen) atoms. The Kier molecular flexibility index (Phi) is 10.8. The molecule has 0 aromatic heterocycles. The zero-order valence-electron chi connectivity index (χ0n) is 25.3. The number of amides is 3. The number of carbonyl (C=O) groups excluding carboxylic acids is 3. The fourth-order valence-corrected chi connectivity index (χ4v) is 5.35. The maximum absolute atomic E-state index is 13.5. The van der Waals surface area contributed by atoms with Gasteiger partial charge in [-0.1, -0.05) is 36.4 Å². The standard InChI is InChI=1S/C35H35N3O5S/c1-22-18-23(2)20-28(19-22)37-33(39)24(3)44-29-16-14-27(15-17-29)36-35(41)30(38-34(40)25-10-7-6-8-11-25)21-26-12-9-13-31(42-4)32(26)43-5/h6-21,24H,1-5H3,(H,36,41)(H,37,39)(H,38,40)/b30-21-. The van der Waals surface area contributed by atoms with E-state index in [1.807, 2.05) is 45.0 Å². The quantitative estimate of drug-likeness (QED) is 0.127. The van der Waals surface area contributed by atoms with Crippen molar-refractivity contribution >= 4 is 46.9 Å². The van der Waals surface area contributed by atoms with Crippen LogP contribution in [0.3, 0.4) is 0 Å². The number of methoxy groups -OCH3 is 2. The molecule has 0 bridgehead atoms. The van der Waals surface area contributed by atoms with E-state index in [0.29, 0.717) is 28.3 Å². The fraction of sp³-hybridized carbons (Fsp3) is 0.171. The van der Waals surface area contributed by atoms with Crippen LogP contribution in [0.25, 0.3) is 6.08 Å². The van der Waals surface area contributed by atoms with E-state index in [9.17, 15) is 14.4 Å². The van der Waals surface area contributed by atoms with Gasteiger partial charge >= 0.3 is 0 Å². The molecule has 0 fully saturated rings. The van der Waals surface area contributed by atoms with Gasteiger partial charge in [-0.2, -0.15) is 0 Å². The molecule has 8 nitrogen and oxygen atoms in total. The highest BCUT2D eigenvalue weighted by Crippen LogP contribution is 2.32. The van der Waals surface area contributed by atoms with Crippen LogP contribution in [0.4, 0.5) is 11.4 Å². The maximum atomic E-state index is 13.5. The predicted molar refractivity (Wildman–Crippen MR) is 176 cm³/mol. The summed E-state index contributed by atoms with van der Waals surface area (Å²) in [7, 11) is 3.03. The molecule has 0 saturated carbocycles. The van der Waals surface area contributed by atoms with E-state index in [-0.39, 0.29) is 16.9 Å². The van der Waals surface area contributed by atoms with Crippen LogP contribution in [0.2, 0.25) is 0 Å². The van der Waals surface area contributed by atoms with Crippen LogP contribution in [0.5, 0.6) is 11.5 Å². The molecule has 0 heterocycles. The molecule has 0 saturated heterocycles. The van der Waals surface area contributed by atoms with Crippen molar-refractivity contribution in [1.82, 2.24) is 5.32 Å². The van der Waals surface area contributed by atoms with Gasteiger partial charge in [-0.3, -0.25) is 14.4 Å². The summed E-state index contributed by atoms with van der Waals surface area (Å²) in [4.78, 5) is 40.2. The Morgan fingerprint density at radius 1 is 0.773 bits per heavy atom. The average Bonchev–Trinajstić information content (AvgIpc) is 3.01. The molecule has 0 radical (unpaired) electrons. The monoisotopic (exact) mass is 609 g/mol. The third-order valence-corrected chi connectivity index (χ3v) is 7.66. The molecule has 0 aliphatic carbocycles. The second kappa shape index (κ2) is 14.9. The number of rotatable bonds is 11. The van der Waals surface area contributed by atoms with Crippen molar-refractivity contribution in [3.63, 3.8) is 0 Å². The van der Waals surface area contributed by atoms with Crippen molar-refractivity contribution in [1.29, 1.82) is 0 Å². The highest BCUT2D eigenvalue weighted by Gasteiger charge is 2.18. The van der Waals surface area contributed by atoms with Gasteiger partial charge in [-0.25, -0.2) is 0 Å². The lowest BCUT2D eigenvalue weighted by atomic mass is 10.1. The van der Waals surface area contributed by atoms with Crippen LogP contribution >= 0.6 is 11.8 Å². The number of nitrogens with one attached hydrogen (secondary N) is 3. The van der Waals surface area contributed by atoms with Gasteiger partial charge in [0.05, 0.1) is 19.5 Å². The first kappa shape index (κ1) is 31.9. The number of aryl methyl sites for hydroxylation is 2. The molecular formula is C35H35N3O5S. The van der Waals surface area contributed by atoms with Gasteiger partial charge in [-0.05, 0) is 92.6 Å². The normalized spacial score (nSPS) is 11.7. The van der Waals surface area contributed by atoms with E-state index in [1.54, 1.807) is 60.7 Å². The van der Waals surface area contributed by atoms with Crippen molar-refractivity contribution in [3.05, 3.63) is 119 Å². The van der Waals surface area contributed by atoms with Crippen molar-refractivity contribution in [2.24, 2.45) is 0 Å². The Morgan fingerprint density at radius 2 is 1.45 bits per heavy atom. The Hall–Kier alpha value is -5.02. The van der Waals surface area contributed by atoms with E-state index < -0.39 is 11.8 Å². The van der Waals surface area contributed by atoms with Gasteiger partial charge < -0.3 is 25.4 Å². The van der Waals surface area contributed by atoms with Gasteiger partial charge in [0.2, 0.25) is 5.91 Å². The smallest absolute Gasteiger partial charge is 0.272 e. The van der Waals surface area contributed by atoms with Crippen LogP contribution in [-0.2, 0) is 9.59 Å². The minimum Gasteiger partial charge on any atom is -0.493 e. The second-order valence-corrected chi connectivity index (χ2v) is 11.5. The minimum atomic E-state index is -0.527. The molecule has 4 rings (SSSR count). The zero-order valence-corrected chi connectivity index (χ0v) is 26.1. The lowest BCUT2D eigenvalue weighted by Crippen LogP contribution is -2.30. The van der Waals surface area contributed by atoms with Crippen molar-refractivity contribution < 1.29 is 23.9 Å². The van der Waals surface area contributed by atoms with E-state index in [1.165, 1.54) is 32.1 Å². The molecule has 9 heteroatoms. The summed E-state index contributed by atoms with van der Waals surface area (Å²) in [6.45, 7) is 5.83. The molecule has 226 valence electrons. The number of ether oxygens (including phenoxy) is 2. The average molecular weight is 610 g/mol. The van der Waals surface area contributed by atoms with Crippen molar-refractivity contribution in [2.45, 2.75) is 30.9 Å². The summed E-state index contributed by atoms with van der Waals surface area (Å²) in [5.74, 6) is -0.157. The number of anilines is 2. The third kappa shape index (κ3) is 8.52. The van der Waals surface area contributed by atoms with Crippen LogP contribution in [0.15, 0.2) is 102 Å². The van der Waals surface area contributed by atoms with Gasteiger partial charge in [0.15, 0.2) is 11.5 Å². The lowest BCUT2D eigenvalue weighted by Gasteiger charge is -2.15. The number of thioether (sulfide) groups is 1. The molecular weight excluding hydrogens is 574 g/mol. The highest BCUT2D eigenvalue weighted by atomic mass is 32.2. The third-order valence-electron chi connectivity index (χ3n) is 6.55. The molecule has 0 spiro atoms. The summed E-state index contributed by atoms with van der Waals surface area (Å²) in [6, 6.07) is 27.0. The molecule has 3 amide bonds. The molecule has 4 aromatic carbocycles. The SMILES string of the molecule is COc1cccc(/C=C(\NC(=O)c2ccccc2)C(=O)Nc2ccc(SC(C)C(=O)Nc3cc(C)cc(C)c3)cc2)c1OC. The molecule has 4 aromatic rings. The van der Waals surface area contributed by atoms with E-state index in [2.05, 4.69) is 22.0 Å². The number of para-hydroxylation sites is 1. The van der Waals surface area contributed by atoms with Gasteiger partial charge in [-0.15, -0.1) is 11.8 Å². The largest absolute Gasteiger partial charge is 0.493 e. The molecule has 1 unspecified atom stereocenters. The summed E-state index contributed by atoms with van der Waals surface area (Å²) >= 11 is 1.41. The molecule has 0 aliphatic rings. The van der Waals surface area contributed by atoms with Crippen LogP contribution in [0, 0.1) is 13.8 Å². The Morgan fingerprint density at radius 3 is 2.09 bits per heavy atom. The van der Waals surface area contributed by atoms with E-state index >= 15 is 0 Å². The number of benzene rings is 4. The summed E-state index contributed by atoms with van der Waals surface area (Å²) in [5, 5.41) is 8.21. The van der Waals surface area contributed by atoms with E-state index in [0.717, 1.165) is 21.7 Å². The first-order chi connectivity index (χ1) is 21.2. The molecule has 0 aliphatic heterocycles. The van der Waals surface area contributed by atoms with Crippen molar-refractivity contribution in [3.8, 4) is 11.5 Å². The van der Waals surface area contributed by atoms with E-state index in [4.69, 9.17) is 9.47 Å². The van der Waals surface area contributed by atoms with Crippen LogP contribution in [0.1, 0.15) is 34.0 Å². The van der Waals surface area contributed by atoms with Crippen molar-refractivity contribution in [2.75, 3.05) is 24.9 Å². The highest BCUT2D eigenvalue weighted by molar-refractivity contribution is 8.00. The van der Waals surface area contributed by atoms with Crippen LogP contribution < -0.4 is 25.4 Å². The first-order valence-corrected chi connectivity index (χ1v) is 14.8. The number of hydrogen-bond acceptors (Lipinski definition) is 6. The lowest BCUT2D eigenvalue weighted by molar-refractivity contribution is -0.115. The van der Waals surface area contributed by atoms with Gasteiger partial charge in [0, 0.05) is 27.4 Å². The Balaban J connectivity index is 1.49. The molecule has 1 atom stereocenters. The fourth-order valence-electron chi connectivity index (χ4n) is 4.49. The summed E-state index contributed by atoms with van der Waals surface area (Å²) in [6.07, 6.45) is 1.54. The summed E-state index contributed by atoms with van der Waals surface area (Å²) < 4.78 is 10.9. The Bertz CT molecular complexity index is 1650. The van der Waals surface area contributed by atoms with Gasteiger partial charge in [0.25, 0.3) is 11.8 Å². The summed E-state index contributed by atoms with van der Waals surface area (Å²) in [5.41, 5.74) is 4.42. The maximum Gasteiger partial charge on any atom is 0.272 e. The second-order valence-electron chi connectivity index (χ2n) is 10.1. The predicted octanol–water partition coefficient (Wildman–Crippen LogP) is 6.85. The number of hydrogen-bond donors (Lipinski definition) is 3. The Labute approximate surface area is 261 Å². The minimum absolute atomic E-state index is 0.0144. The van der Waals surface area contributed by atoms with Gasteiger partial charge in [0.1, 0.15) is 5.70 Å². The number of carbonyl (C=O) groups is 3. The molecule has 3 N–H and O–H groups in total. The van der Waals surface area contributed by atoms with Crippen LogP contribution in [-0.4, -0.2) is 37.2 Å². The first-order valence-electron chi connectivity index (χ1n) is 13.9. The zero-order chi connectivity index (χ0) is 31.6.